The fourth-order valence-corrected chi connectivity index (χ4v) is 3.18. The molecule has 0 aliphatic heterocycles. The van der Waals surface area contributed by atoms with Crippen molar-refractivity contribution in [3.8, 4) is 5.75 Å². The van der Waals surface area contributed by atoms with E-state index in [-0.39, 0.29) is 19.0 Å². The highest BCUT2D eigenvalue weighted by atomic mass is 35.5. The van der Waals surface area contributed by atoms with E-state index in [4.69, 9.17) is 10.5 Å². The van der Waals surface area contributed by atoms with E-state index in [1.165, 1.54) is 4.88 Å². The zero-order valence-electron chi connectivity index (χ0n) is 13.0. The summed E-state index contributed by atoms with van der Waals surface area (Å²) in [5, 5.41) is 7.77. The van der Waals surface area contributed by atoms with Crippen LogP contribution in [0.5, 0.6) is 5.75 Å². The minimum atomic E-state index is -0.476. The molecule has 0 saturated carbocycles. The second-order valence-corrected chi connectivity index (χ2v) is 6.23. The summed E-state index contributed by atoms with van der Waals surface area (Å²) in [6.45, 7) is 1.35. The van der Waals surface area contributed by atoms with E-state index in [0.29, 0.717) is 12.3 Å². The third kappa shape index (κ3) is 4.47. The number of carbonyl (C=O) groups is 1. The van der Waals surface area contributed by atoms with E-state index >= 15 is 0 Å². The summed E-state index contributed by atoms with van der Waals surface area (Å²) >= 11 is 1.73. The van der Waals surface area contributed by atoms with Crippen LogP contribution in [-0.2, 0) is 17.9 Å². The lowest BCUT2D eigenvalue weighted by molar-refractivity contribution is -0.119. The molecule has 0 aliphatic carbocycles. The van der Waals surface area contributed by atoms with E-state index in [2.05, 4.69) is 28.9 Å². The first kappa shape index (κ1) is 18.3. The quantitative estimate of drug-likeness (QED) is 0.676. The van der Waals surface area contributed by atoms with Gasteiger partial charge in [0.05, 0.1) is 0 Å². The van der Waals surface area contributed by atoms with Gasteiger partial charge in [0.2, 0.25) is 0 Å². The van der Waals surface area contributed by atoms with Crippen LogP contribution in [0, 0.1) is 0 Å². The Hall–Kier alpha value is -2.08. The Balaban J connectivity index is 0.00000208. The highest BCUT2D eigenvalue weighted by Crippen LogP contribution is 2.28. The lowest BCUT2D eigenvalue weighted by Gasteiger charge is -2.14. The van der Waals surface area contributed by atoms with E-state index in [1.54, 1.807) is 11.3 Å². The van der Waals surface area contributed by atoms with Crippen LogP contribution in [0.3, 0.4) is 0 Å². The summed E-state index contributed by atoms with van der Waals surface area (Å²) in [4.78, 5) is 12.3. The summed E-state index contributed by atoms with van der Waals surface area (Å²) in [5.74, 6) is 0.219. The van der Waals surface area contributed by atoms with Gasteiger partial charge in [-0.05, 0) is 28.3 Å². The number of primary amides is 1. The van der Waals surface area contributed by atoms with Crippen molar-refractivity contribution in [1.82, 2.24) is 5.32 Å². The molecule has 4 nitrogen and oxygen atoms in total. The van der Waals surface area contributed by atoms with Gasteiger partial charge in [0.15, 0.2) is 6.61 Å². The predicted molar refractivity (Wildman–Crippen MR) is 101 cm³/mol. The van der Waals surface area contributed by atoms with Crippen LogP contribution >= 0.6 is 23.7 Å². The molecule has 3 aromatic rings. The number of nitrogens with two attached hydrogens (primary N) is 1. The lowest BCUT2D eigenvalue weighted by atomic mass is 10.0. The van der Waals surface area contributed by atoms with Crippen LogP contribution in [-0.4, -0.2) is 12.5 Å². The number of ether oxygens (including phenoxy) is 1. The maximum atomic E-state index is 11.0. The maximum Gasteiger partial charge on any atom is 0.255 e. The fourth-order valence-electron chi connectivity index (χ4n) is 2.51. The Morgan fingerprint density at radius 3 is 2.67 bits per heavy atom. The summed E-state index contributed by atoms with van der Waals surface area (Å²) in [6, 6.07) is 16.2. The van der Waals surface area contributed by atoms with E-state index in [1.807, 2.05) is 30.3 Å². The lowest BCUT2D eigenvalue weighted by Crippen LogP contribution is -2.21. The third-order valence-corrected chi connectivity index (χ3v) is 4.43. The van der Waals surface area contributed by atoms with Crippen molar-refractivity contribution in [3.63, 3.8) is 0 Å². The molecule has 24 heavy (non-hydrogen) atoms. The predicted octanol–water partition coefficient (Wildman–Crippen LogP) is 3.48. The molecule has 1 heterocycles. The number of benzene rings is 2. The molecule has 6 heteroatoms. The largest absolute Gasteiger partial charge is 0.483 e. The fraction of sp³-hybridized carbons (Fsp3) is 0.167. The highest BCUT2D eigenvalue weighted by molar-refractivity contribution is 7.09. The van der Waals surface area contributed by atoms with Gasteiger partial charge in [0, 0.05) is 23.5 Å². The van der Waals surface area contributed by atoms with Crippen LogP contribution in [0.1, 0.15) is 10.4 Å². The van der Waals surface area contributed by atoms with Crippen LogP contribution < -0.4 is 15.8 Å². The Morgan fingerprint density at radius 1 is 1.08 bits per heavy atom. The molecule has 0 spiro atoms. The van der Waals surface area contributed by atoms with Crippen LogP contribution in [0.2, 0.25) is 0 Å². The number of thiophene rings is 1. The molecule has 3 N–H and O–H groups in total. The van der Waals surface area contributed by atoms with Crippen molar-refractivity contribution in [2.24, 2.45) is 5.73 Å². The van der Waals surface area contributed by atoms with Crippen molar-refractivity contribution < 1.29 is 9.53 Å². The van der Waals surface area contributed by atoms with E-state index in [0.717, 1.165) is 22.9 Å². The second-order valence-electron chi connectivity index (χ2n) is 5.20. The van der Waals surface area contributed by atoms with Gasteiger partial charge in [0.25, 0.3) is 5.91 Å². The molecule has 0 unspecified atom stereocenters. The van der Waals surface area contributed by atoms with Gasteiger partial charge in [-0.25, -0.2) is 0 Å². The first-order chi connectivity index (χ1) is 11.2. The van der Waals surface area contributed by atoms with Crippen molar-refractivity contribution in [2.75, 3.05) is 6.61 Å². The first-order valence-corrected chi connectivity index (χ1v) is 8.27. The Kier molecular flexibility index (Phi) is 6.61. The molecule has 3 rings (SSSR count). The Morgan fingerprint density at radius 2 is 1.92 bits per heavy atom. The molecule has 0 atom stereocenters. The molecular formula is C18H19ClN2O2S. The molecule has 1 aromatic heterocycles. The maximum absolute atomic E-state index is 11.0. The zero-order chi connectivity index (χ0) is 16.1. The highest BCUT2D eigenvalue weighted by Gasteiger charge is 2.10. The summed E-state index contributed by atoms with van der Waals surface area (Å²) in [6.07, 6.45) is 0. The van der Waals surface area contributed by atoms with Crippen molar-refractivity contribution in [2.45, 2.75) is 13.1 Å². The minimum absolute atomic E-state index is 0. The number of carbonyl (C=O) groups excluding carboxylic acids is 1. The number of hydrogen-bond donors (Lipinski definition) is 2. The van der Waals surface area contributed by atoms with Crippen molar-refractivity contribution >= 4 is 40.4 Å². The first-order valence-electron chi connectivity index (χ1n) is 7.39. The Labute approximate surface area is 151 Å². The number of halogens is 1. The van der Waals surface area contributed by atoms with Gasteiger partial charge >= 0.3 is 0 Å². The summed E-state index contributed by atoms with van der Waals surface area (Å²) in [7, 11) is 0. The molecule has 0 radical (unpaired) electrons. The zero-order valence-corrected chi connectivity index (χ0v) is 14.7. The van der Waals surface area contributed by atoms with Gasteiger partial charge in [0.1, 0.15) is 5.75 Å². The average molecular weight is 363 g/mol. The molecule has 1 amide bonds. The standard InChI is InChI=1S/C18H18N2O2S.ClH/c19-18(21)12-22-17-8-7-13-4-1-2-6-15(13)16(17)11-20-10-14-5-3-9-23-14;/h1-9,20H,10-12H2,(H2,19,21);1H. The third-order valence-electron chi connectivity index (χ3n) is 3.55. The second kappa shape index (κ2) is 8.68. The van der Waals surface area contributed by atoms with Crippen molar-refractivity contribution in [1.29, 1.82) is 0 Å². The molecule has 126 valence electrons. The number of rotatable bonds is 7. The van der Waals surface area contributed by atoms with Gasteiger partial charge in [-0.3, -0.25) is 4.79 Å². The number of amides is 1. The smallest absolute Gasteiger partial charge is 0.255 e. The molecule has 0 saturated heterocycles. The number of hydrogen-bond acceptors (Lipinski definition) is 4. The monoisotopic (exact) mass is 362 g/mol. The Bertz CT molecular complexity index is 806. The molecule has 0 bridgehead atoms. The van der Waals surface area contributed by atoms with Crippen LogP contribution in [0.25, 0.3) is 10.8 Å². The molecule has 0 aliphatic rings. The SMILES string of the molecule is Cl.NC(=O)COc1ccc2ccccc2c1CNCc1cccs1. The molecule has 2 aromatic carbocycles. The molecule has 0 fully saturated rings. The normalized spacial score (nSPS) is 10.3. The number of fused-ring (bicyclic) bond motifs is 1. The number of nitrogens with one attached hydrogen (secondary N) is 1. The van der Waals surface area contributed by atoms with Gasteiger partial charge in [-0.15, -0.1) is 23.7 Å². The minimum Gasteiger partial charge on any atom is -0.483 e. The van der Waals surface area contributed by atoms with E-state index < -0.39 is 5.91 Å². The van der Waals surface area contributed by atoms with Gasteiger partial charge in [-0.2, -0.15) is 0 Å². The topological polar surface area (TPSA) is 64.4 Å². The average Bonchev–Trinajstić information content (AvgIpc) is 3.07. The van der Waals surface area contributed by atoms with Crippen molar-refractivity contribution in [3.05, 3.63) is 64.4 Å². The summed E-state index contributed by atoms with van der Waals surface area (Å²) in [5.41, 5.74) is 6.23. The van der Waals surface area contributed by atoms with E-state index in [9.17, 15) is 4.79 Å². The van der Waals surface area contributed by atoms with Crippen LogP contribution in [0.15, 0.2) is 53.9 Å². The van der Waals surface area contributed by atoms with Crippen LogP contribution in [0.4, 0.5) is 0 Å². The van der Waals surface area contributed by atoms with Gasteiger partial charge < -0.3 is 15.8 Å². The molecular weight excluding hydrogens is 344 g/mol. The van der Waals surface area contributed by atoms with Gasteiger partial charge in [-0.1, -0.05) is 36.4 Å². The summed E-state index contributed by atoms with van der Waals surface area (Å²) < 4.78 is 5.58.